The van der Waals surface area contributed by atoms with Crippen LogP contribution in [0.15, 0.2) is 29.1 Å². The minimum absolute atomic E-state index is 0.0872. The fourth-order valence-electron chi connectivity index (χ4n) is 4.36. The van der Waals surface area contributed by atoms with Crippen LogP contribution < -0.4 is 21.1 Å². The van der Waals surface area contributed by atoms with Crippen LogP contribution in [0.2, 0.25) is 0 Å². The van der Waals surface area contributed by atoms with Crippen LogP contribution >= 0.6 is 0 Å². The molecule has 3 heterocycles. The number of rotatable bonds is 4. The van der Waals surface area contributed by atoms with Gasteiger partial charge in [-0.15, -0.1) is 0 Å². The highest BCUT2D eigenvalue weighted by Crippen LogP contribution is 2.32. The molecule has 8 nitrogen and oxygen atoms in total. The Morgan fingerprint density at radius 1 is 1.27 bits per heavy atom. The third-order valence-electron chi connectivity index (χ3n) is 6.03. The average Bonchev–Trinajstić information content (AvgIpc) is 2.74. The van der Waals surface area contributed by atoms with Crippen LogP contribution in [0.3, 0.4) is 0 Å². The van der Waals surface area contributed by atoms with Gasteiger partial charge < -0.3 is 15.5 Å². The minimum Gasteiger partial charge on any atom is -0.339 e. The highest BCUT2D eigenvalue weighted by Gasteiger charge is 2.36. The molecule has 1 fully saturated rings. The third kappa shape index (κ3) is 3.81. The first-order valence-electron chi connectivity index (χ1n) is 10.5. The predicted octanol–water partition coefficient (Wildman–Crippen LogP) is 2.91. The molecule has 2 aromatic rings. The summed E-state index contributed by atoms with van der Waals surface area (Å²) in [5.41, 5.74) is 1.41. The summed E-state index contributed by atoms with van der Waals surface area (Å²) >= 11 is 0. The number of hydrogen-bond donors (Lipinski definition) is 3. The van der Waals surface area contributed by atoms with Gasteiger partial charge in [-0.25, -0.2) is 0 Å². The van der Waals surface area contributed by atoms with Gasteiger partial charge in [0, 0.05) is 24.7 Å². The lowest BCUT2D eigenvalue weighted by Crippen LogP contribution is -2.43. The fraction of sp³-hybridized carbons (Fsp3) is 0.455. The van der Waals surface area contributed by atoms with Crippen molar-refractivity contribution in [2.75, 3.05) is 22.1 Å². The molecule has 8 heteroatoms. The summed E-state index contributed by atoms with van der Waals surface area (Å²) in [7, 11) is 0. The molecule has 1 aromatic heterocycles. The largest absolute Gasteiger partial charge is 0.339 e. The molecule has 158 valence electrons. The summed E-state index contributed by atoms with van der Waals surface area (Å²) in [6, 6.07) is 7.70. The number of carbonyl (C=O) groups is 2. The zero-order chi connectivity index (χ0) is 21.3. The molecular weight excluding hydrogens is 382 g/mol. The maximum Gasteiger partial charge on any atom is 0.258 e. The number of H-pyrrole nitrogens is 1. The Labute approximate surface area is 175 Å². The molecule has 30 heavy (non-hydrogen) atoms. The van der Waals surface area contributed by atoms with Crippen molar-refractivity contribution >= 4 is 29.3 Å². The molecule has 0 bridgehead atoms. The SMILES string of the molecule is CC[C@H]1CCCCN1c1nc2c(c(=O)[nH]1)[C@H](C(=O)Nc1ccccc1C)CC(=O)N2. The van der Waals surface area contributed by atoms with Crippen molar-refractivity contribution in [3.05, 3.63) is 45.7 Å². The fourth-order valence-corrected chi connectivity index (χ4v) is 4.36. The number of fused-ring (bicyclic) bond motifs is 1. The first-order valence-corrected chi connectivity index (χ1v) is 10.5. The number of aromatic nitrogens is 2. The summed E-state index contributed by atoms with van der Waals surface area (Å²) in [4.78, 5) is 47.9. The molecule has 0 radical (unpaired) electrons. The van der Waals surface area contributed by atoms with E-state index in [-0.39, 0.29) is 35.2 Å². The van der Waals surface area contributed by atoms with Crippen LogP contribution in [0.4, 0.5) is 17.5 Å². The topological polar surface area (TPSA) is 107 Å². The van der Waals surface area contributed by atoms with E-state index in [0.717, 1.165) is 37.8 Å². The lowest BCUT2D eigenvalue weighted by molar-refractivity contribution is -0.123. The van der Waals surface area contributed by atoms with Gasteiger partial charge in [-0.3, -0.25) is 19.4 Å². The van der Waals surface area contributed by atoms with Crippen LogP contribution in [0.25, 0.3) is 0 Å². The molecule has 0 spiro atoms. The quantitative estimate of drug-likeness (QED) is 0.720. The van der Waals surface area contributed by atoms with E-state index in [1.807, 2.05) is 25.1 Å². The number of aryl methyl sites for hydroxylation is 1. The van der Waals surface area contributed by atoms with Gasteiger partial charge in [0.1, 0.15) is 5.82 Å². The van der Waals surface area contributed by atoms with Crippen molar-refractivity contribution in [2.45, 2.75) is 57.9 Å². The van der Waals surface area contributed by atoms with E-state index in [1.54, 1.807) is 6.07 Å². The Kier molecular flexibility index (Phi) is 5.57. The minimum atomic E-state index is -0.887. The first-order chi connectivity index (χ1) is 14.5. The monoisotopic (exact) mass is 409 g/mol. The summed E-state index contributed by atoms with van der Waals surface area (Å²) in [6.07, 6.45) is 4.10. The molecule has 4 rings (SSSR count). The summed E-state index contributed by atoms with van der Waals surface area (Å²) < 4.78 is 0. The van der Waals surface area contributed by atoms with Crippen LogP contribution in [-0.4, -0.2) is 34.4 Å². The lowest BCUT2D eigenvalue weighted by atomic mass is 9.92. The van der Waals surface area contributed by atoms with Crippen molar-refractivity contribution in [3.8, 4) is 0 Å². The van der Waals surface area contributed by atoms with Gasteiger partial charge in [-0.2, -0.15) is 4.98 Å². The number of nitrogens with zero attached hydrogens (tertiary/aromatic N) is 2. The van der Waals surface area contributed by atoms with Crippen molar-refractivity contribution in [1.29, 1.82) is 0 Å². The molecular formula is C22H27N5O3. The number of piperidine rings is 1. The maximum absolute atomic E-state index is 13.0. The maximum atomic E-state index is 13.0. The van der Waals surface area contributed by atoms with E-state index in [9.17, 15) is 14.4 Å². The smallest absolute Gasteiger partial charge is 0.258 e. The Morgan fingerprint density at radius 3 is 2.83 bits per heavy atom. The van der Waals surface area contributed by atoms with E-state index in [4.69, 9.17) is 0 Å². The second-order valence-corrected chi connectivity index (χ2v) is 8.01. The van der Waals surface area contributed by atoms with Crippen molar-refractivity contribution in [1.82, 2.24) is 9.97 Å². The van der Waals surface area contributed by atoms with E-state index in [2.05, 4.69) is 32.4 Å². The second-order valence-electron chi connectivity index (χ2n) is 8.01. The third-order valence-corrected chi connectivity index (χ3v) is 6.03. The predicted molar refractivity (Wildman–Crippen MR) is 116 cm³/mol. The molecule has 1 saturated heterocycles. The number of nitrogens with one attached hydrogen (secondary N) is 3. The lowest BCUT2D eigenvalue weighted by Gasteiger charge is -2.36. The van der Waals surface area contributed by atoms with Crippen LogP contribution in [0, 0.1) is 6.92 Å². The Hall–Kier alpha value is -3.16. The Morgan fingerprint density at radius 2 is 2.07 bits per heavy atom. The zero-order valence-electron chi connectivity index (χ0n) is 17.3. The van der Waals surface area contributed by atoms with Gasteiger partial charge in [0.2, 0.25) is 17.8 Å². The molecule has 2 atom stereocenters. The molecule has 0 aliphatic carbocycles. The number of carbonyl (C=O) groups excluding carboxylic acids is 2. The van der Waals surface area contributed by atoms with E-state index < -0.39 is 5.92 Å². The Bertz CT molecular complexity index is 1030. The number of benzene rings is 1. The number of para-hydroxylation sites is 1. The number of amides is 2. The molecule has 0 saturated carbocycles. The van der Waals surface area contributed by atoms with Gasteiger partial charge in [-0.1, -0.05) is 25.1 Å². The molecule has 1 aromatic carbocycles. The van der Waals surface area contributed by atoms with Crippen LogP contribution in [0.5, 0.6) is 0 Å². The summed E-state index contributed by atoms with van der Waals surface area (Å²) in [6.45, 7) is 4.82. The van der Waals surface area contributed by atoms with Gasteiger partial charge in [0.05, 0.1) is 11.5 Å². The average molecular weight is 409 g/mol. The number of hydrogen-bond acceptors (Lipinski definition) is 5. The first kappa shape index (κ1) is 20.1. The normalized spacial score (nSPS) is 21.0. The van der Waals surface area contributed by atoms with E-state index in [0.29, 0.717) is 17.7 Å². The van der Waals surface area contributed by atoms with Gasteiger partial charge in [0.25, 0.3) is 5.56 Å². The Balaban J connectivity index is 1.67. The molecule has 2 amide bonds. The molecule has 2 aliphatic heterocycles. The summed E-state index contributed by atoms with van der Waals surface area (Å²) in [5, 5.41) is 5.55. The highest BCUT2D eigenvalue weighted by atomic mass is 16.2. The standard InChI is InChI=1S/C22H27N5O3/c1-3-14-9-6-7-11-27(14)22-25-19-18(21(30)26-22)15(12-17(28)24-19)20(29)23-16-10-5-4-8-13(16)2/h4-5,8,10,14-15H,3,6-7,9,11-12H2,1-2H3,(H,23,29)(H2,24,25,26,28,30)/t14-,15+/m0/s1. The highest BCUT2D eigenvalue weighted by molar-refractivity contribution is 6.04. The van der Waals surface area contributed by atoms with E-state index in [1.165, 1.54) is 0 Å². The van der Waals surface area contributed by atoms with Crippen LogP contribution in [0.1, 0.15) is 56.1 Å². The molecule has 2 aliphatic rings. The van der Waals surface area contributed by atoms with Gasteiger partial charge in [0.15, 0.2) is 0 Å². The number of anilines is 3. The van der Waals surface area contributed by atoms with Crippen molar-refractivity contribution < 1.29 is 9.59 Å². The van der Waals surface area contributed by atoms with Crippen LogP contribution in [-0.2, 0) is 9.59 Å². The van der Waals surface area contributed by atoms with Gasteiger partial charge >= 0.3 is 0 Å². The van der Waals surface area contributed by atoms with Gasteiger partial charge in [-0.05, 0) is 44.2 Å². The molecule has 0 unspecified atom stereocenters. The molecule has 3 N–H and O–H groups in total. The van der Waals surface area contributed by atoms with E-state index >= 15 is 0 Å². The zero-order valence-corrected chi connectivity index (χ0v) is 17.3. The number of aromatic amines is 1. The summed E-state index contributed by atoms with van der Waals surface area (Å²) in [5.74, 6) is -0.935. The second kappa shape index (κ2) is 8.30. The van der Waals surface area contributed by atoms with Crippen molar-refractivity contribution in [2.24, 2.45) is 0 Å². The van der Waals surface area contributed by atoms with Crippen molar-refractivity contribution in [3.63, 3.8) is 0 Å².